The Morgan fingerprint density at radius 1 is 1.23 bits per heavy atom. The third kappa shape index (κ3) is 5.30. The SMILES string of the molecule is COc1ccccc1C(=O)NNc1ncnc(N(CCC#N)CCC#N)c1[N+](=O)[O-]. The van der Waals surface area contributed by atoms with Crippen LogP contribution < -0.4 is 20.5 Å². The predicted molar refractivity (Wildman–Crippen MR) is 105 cm³/mol. The summed E-state index contributed by atoms with van der Waals surface area (Å²) in [5.74, 6) is -0.566. The molecule has 0 bridgehead atoms. The number of nitro groups is 1. The molecule has 1 aromatic carbocycles. The number of carbonyl (C=O) groups excluding carboxylic acids is 1. The number of amides is 1. The zero-order valence-electron chi connectivity index (χ0n) is 16.0. The van der Waals surface area contributed by atoms with Gasteiger partial charge in [-0.05, 0) is 12.1 Å². The molecular weight excluding hydrogens is 392 g/mol. The van der Waals surface area contributed by atoms with Crippen molar-refractivity contribution in [3.63, 3.8) is 0 Å². The van der Waals surface area contributed by atoms with Crippen molar-refractivity contribution >= 4 is 23.2 Å². The Kier molecular flexibility index (Phi) is 7.85. The van der Waals surface area contributed by atoms with Crippen LogP contribution in [0.1, 0.15) is 23.2 Å². The topological polar surface area (TPSA) is 170 Å². The van der Waals surface area contributed by atoms with Crippen LogP contribution in [-0.2, 0) is 0 Å². The van der Waals surface area contributed by atoms with Gasteiger partial charge in [0.25, 0.3) is 5.91 Å². The van der Waals surface area contributed by atoms with Gasteiger partial charge in [0.15, 0.2) is 0 Å². The first kappa shape index (κ1) is 21.8. The van der Waals surface area contributed by atoms with Gasteiger partial charge in [0.2, 0.25) is 11.6 Å². The maximum atomic E-state index is 12.4. The van der Waals surface area contributed by atoms with Crippen LogP contribution in [0.3, 0.4) is 0 Å². The Labute approximate surface area is 171 Å². The molecule has 0 atom stereocenters. The first-order chi connectivity index (χ1) is 14.5. The average molecular weight is 410 g/mol. The molecule has 0 spiro atoms. The zero-order chi connectivity index (χ0) is 21.9. The van der Waals surface area contributed by atoms with Crippen molar-refractivity contribution in [1.82, 2.24) is 15.4 Å². The summed E-state index contributed by atoms with van der Waals surface area (Å²) in [6.45, 7) is 0.284. The number of methoxy groups -OCH3 is 1. The van der Waals surface area contributed by atoms with E-state index in [1.807, 2.05) is 12.1 Å². The fourth-order valence-corrected chi connectivity index (χ4v) is 2.57. The molecule has 30 heavy (non-hydrogen) atoms. The molecule has 0 unspecified atom stereocenters. The molecule has 0 aliphatic rings. The van der Waals surface area contributed by atoms with Crippen LogP contribution in [0.25, 0.3) is 0 Å². The number of rotatable bonds is 10. The van der Waals surface area contributed by atoms with Crippen molar-refractivity contribution in [3.8, 4) is 17.9 Å². The van der Waals surface area contributed by atoms with E-state index in [-0.39, 0.29) is 43.1 Å². The van der Waals surface area contributed by atoms with Gasteiger partial charge in [0, 0.05) is 13.1 Å². The standard InChI is InChI=1S/C18H18N8O4/c1-30-14-7-3-2-6-13(14)18(27)24-23-16-15(26(28)29)17(22-12-21-16)25(10-4-8-19)11-5-9-20/h2-3,6-7,12H,4-5,10-11H2,1H3,(H,24,27)(H,21,22,23). The van der Waals surface area contributed by atoms with Crippen molar-refractivity contribution in [2.24, 2.45) is 0 Å². The van der Waals surface area contributed by atoms with E-state index in [0.29, 0.717) is 5.75 Å². The van der Waals surface area contributed by atoms with Crippen molar-refractivity contribution in [1.29, 1.82) is 10.5 Å². The third-order valence-electron chi connectivity index (χ3n) is 3.92. The molecular formula is C18H18N8O4. The summed E-state index contributed by atoms with van der Waals surface area (Å²) < 4.78 is 5.12. The highest BCUT2D eigenvalue weighted by molar-refractivity contribution is 5.97. The van der Waals surface area contributed by atoms with Gasteiger partial charge in [-0.3, -0.25) is 25.8 Å². The molecule has 12 nitrogen and oxygen atoms in total. The van der Waals surface area contributed by atoms with Crippen molar-refractivity contribution in [2.75, 3.05) is 30.5 Å². The number of hydrogen-bond donors (Lipinski definition) is 2. The molecule has 0 aliphatic heterocycles. The molecule has 1 heterocycles. The summed E-state index contributed by atoms with van der Waals surface area (Å²) in [6.07, 6.45) is 1.26. The number of benzene rings is 1. The van der Waals surface area contributed by atoms with Crippen molar-refractivity contribution < 1.29 is 14.5 Å². The maximum Gasteiger partial charge on any atom is 0.355 e. The Morgan fingerprint density at radius 2 is 1.90 bits per heavy atom. The van der Waals surface area contributed by atoms with Gasteiger partial charge in [-0.2, -0.15) is 10.5 Å². The van der Waals surface area contributed by atoms with Gasteiger partial charge < -0.3 is 9.64 Å². The molecule has 2 rings (SSSR count). The van der Waals surface area contributed by atoms with Crippen LogP contribution in [0.15, 0.2) is 30.6 Å². The number of carbonyl (C=O) groups is 1. The van der Waals surface area contributed by atoms with Gasteiger partial charge in [-0.15, -0.1) is 0 Å². The van der Waals surface area contributed by atoms with Crippen LogP contribution >= 0.6 is 0 Å². The molecule has 154 valence electrons. The minimum Gasteiger partial charge on any atom is -0.496 e. The number of hydrazine groups is 1. The second kappa shape index (κ2) is 10.8. The normalized spacial score (nSPS) is 9.70. The maximum absolute atomic E-state index is 12.4. The molecule has 0 saturated heterocycles. The minimum atomic E-state index is -0.696. The lowest BCUT2D eigenvalue weighted by atomic mass is 10.2. The van der Waals surface area contributed by atoms with Gasteiger partial charge in [-0.25, -0.2) is 9.97 Å². The lowest BCUT2D eigenvalue weighted by Crippen LogP contribution is -2.32. The van der Waals surface area contributed by atoms with E-state index in [2.05, 4.69) is 20.8 Å². The number of hydrogen-bond acceptors (Lipinski definition) is 10. The van der Waals surface area contributed by atoms with E-state index in [0.717, 1.165) is 6.33 Å². The molecule has 2 aromatic rings. The highest BCUT2D eigenvalue weighted by Gasteiger charge is 2.27. The van der Waals surface area contributed by atoms with Gasteiger partial charge in [0.05, 0.1) is 42.6 Å². The minimum absolute atomic E-state index is 0.0606. The number of para-hydroxylation sites is 1. The molecule has 2 N–H and O–H groups in total. The summed E-state index contributed by atoms with van der Waals surface area (Å²) in [5.41, 5.74) is 4.52. The second-order valence-corrected chi connectivity index (χ2v) is 5.73. The monoisotopic (exact) mass is 410 g/mol. The molecule has 0 aliphatic carbocycles. The van der Waals surface area contributed by atoms with Crippen LogP contribution in [0, 0.1) is 32.8 Å². The predicted octanol–water partition coefficient (Wildman–Crippen LogP) is 1.78. The Hall–Kier alpha value is -4.45. The summed E-state index contributed by atoms with van der Waals surface area (Å²) in [5, 5.41) is 29.4. The number of nitriles is 2. The van der Waals surface area contributed by atoms with Crippen molar-refractivity contribution in [3.05, 3.63) is 46.3 Å². The van der Waals surface area contributed by atoms with E-state index in [4.69, 9.17) is 15.3 Å². The van der Waals surface area contributed by atoms with Gasteiger partial charge >= 0.3 is 5.69 Å². The summed E-state index contributed by atoms with van der Waals surface area (Å²) >= 11 is 0. The van der Waals surface area contributed by atoms with E-state index in [9.17, 15) is 14.9 Å². The second-order valence-electron chi connectivity index (χ2n) is 5.73. The highest BCUT2D eigenvalue weighted by Crippen LogP contribution is 2.31. The number of nitrogens with one attached hydrogen (secondary N) is 2. The zero-order valence-corrected chi connectivity index (χ0v) is 16.0. The van der Waals surface area contributed by atoms with Crippen LogP contribution in [0.5, 0.6) is 5.75 Å². The van der Waals surface area contributed by atoms with Crippen molar-refractivity contribution in [2.45, 2.75) is 12.8 Å². The van der Waals surface area contributed by atoms with Crippen LogP contribution in [0.2, 0.25) is 0 Å². The molecule has 0 saturated carbocycles. The fraction of sp³-hybridized carbons (Fsp3) is 0.278. The fourth-order valence-electron chi connectivity index (χ4n) is 2.57. The molecule has 12 heteroatoms. The molecule has 0 radical (unpaired) electrons. The van der Waals surface area contributed by atoms with Gasteiger partial charge in [-0.1, -0.05) is 12.1 Å². The summed E-state index contributed by atoms with van der Waals surface area (Å²) in [7, 11) is 1.41. The lowest BCUT2D eigenvalue weighted by Gasteiger charge is -2.21. The number of ether oxygens (including phenoxy) is 1. The first-order valence-corrected chi connectivity index (χ1v) is 8.71. The average Bonchev–Trinajstić information content (AvgIpc) is 2.77. The van der Waals surface area contributed by atoms with E-state index in [1.165, 1.54) is 18.1 Å². The number of anilines is 2. The molecule has 1 aromatic heterocycles. The smallest absolute Gasteiger partial charge is 0.355 e. The third-order valence-corrected chi connectivity index (χ3v) is 3.92. The van der Waals surface area contributed by atoms with E-state index >= 15 is 0 Å². The first-order valence-electron chi connectivity index (χ1n) is 8.71. The summed E-state index contributed by atoms with van der Waals surface area (Å²) in [6, 6.07) is 10.4. The Balaban J connectivity index is 2.31. The van der Waals surface area contributed by atoms with E-state index in [1.54, 1.807) is 18.2 Å². The largest absolute Gasteiger partial charge is 0.496 e. The Bertz CT molecular complexity index is 980. The highest BCUT2D eigenvalue weighted by atomic mass is 16.6. The summed E-state index contributed by atoms with van der Waals surface area (Å²) in [4.78, 5) is 32.7. The number of nitrogens with zero attached hydrogens (tertiary/aromatic N) is 6. The van der Waals surface area contributed by atoms with Crippen LogP contribution in [-0.4, -0.2) is 41.0 Å². The quantitative estimate of drug-likeness (QED) is 0.434. The van der Waals surface area contributed by atoms with Crippen LogP contribution in [0.4, 0.5) is 17.3 Å². The van der Waals surface area contributed by atoms with E-state index < -0.39 is 16.5 Å². The molecule has 0 fully saturated rings. The Morgan fingerprint density at radius 3 is 2.50 bits per heavy atom. The number of aromatic nitrogens is 2. The molecule has 1 amide bonds. The lowest BCUT2D eigenvalue weighted by molar-refractivity contribution is -0.383. The van der Waals surface area contributed by atoms with Gasteiger partial charge in [0.1, 0.15) is 12.1 Å².